The predicted molar refractivity (Wildman–Crippen MR) is 134 cm³/mol. The Morgan fingerprint density at radius 1 is 1.28 bits per heavy atom. The molecule has 0 saturated heterocycles. The molecule has 3 aliphatic rings. The van der Waals surface area contributed by atoms with Crippen LogP contribution in [0.2, 0.25) is 0 Å². The highest BCUT2D eigenvalue weighted by molar-refractivity contribution is 9.11. The lowest BCUT2D eigenvalue weighted by atomic mass is 9.76. The van der Waals surface area contributed by atoms with Crippen LogP contribution >= 0.6 is 39.0 Å². The van der Waals surface area contributed by atoms with Crippen LogP contribution in [0.4, 0.5) is 4.79 Å². The molecule has 0 aromatic carbocycles. The van der Waals surface area contributed by atoms with Gasteiger partial charge in [-0.2, -0.15) is 0 Å². The average Bonchev–Trinajstić information content (AvgIpc) is 3.22. The number of halogens is 1. The first-order valence-corrected chi connectivity index (χ1v) is 13.8. The van der Waals surface area contributed by atoms with E-state index in [0.717, 1.165) is 48.1 Å². The van der Waals surface area contributed by atoms with Crippen molar-refractivity contribution in [3.63, 3.8) is 0 Å². The second-order valence-corrected chi connectivity index (χ2v) is 13.5. The number of ether oxygens (including phenoxy) is 1. The van der Waals surface area contributed by atoms with Gasteiger partial charge in [-0.25, -0.2) is 9.59 Å². The van der Waals surface area contributed by atoms with E-state index < -0.39 is 5.60 Å². The van der Waals surface area contributed by atoms with Crippen LogP contribution in [0.25, 0.3) is 0 Å². The van der Waals surface area contributed by atoms with E-state index in [1.807, 2.05) is 20.8 Å². The minimum absolute atomic E-state index is 0.129. The van der Waals surface area contributed by atoms with Crippen LogP contribution < -0.4 is 16.0 Å². The number of fused-ring (bicyclic) bond motifs is 2. The summed E-state index contributed by atoms with van der Waals surface area (Å²) in [6.45, 7) is 10.1. The standard InChI is InChI=1S/C23H32BrN3O3S2/c1-12-6-5-7-15-17(12)18(21(28)30-23(2,3)4)20(32-15)27-22(29)26-10-14-13-8-9-25-11-16(13)31-19(14)24/h12,15,17,25H,5-11H2,1-4H3,(H2,26,27,29). The molecule has 1 fully saturated rings. The van der Waals surface area contributed by atoms with Gasteiger partial charge in [0.25, 0.3) is 0 Å². The molecule has 9 heteroatoms. The van der Waals surface area contributed by atoms with Crippen molar-refractivity contribution in [2.75, 3.05) is 6.54 Å². The smallest absolute Gasteiger partial charge is 0.337 e. The summed E-state index contributed by atoms with van der Waals surface area (Å²) in [6.07, 6.45) is 4.28. The molecule has 0 radical (unpaired) electrons. The number of esters is 1. The average molecular weight is 543 g/mol. The van der Waals surface area contributed by atoms with Crippen molar-refractivity contribution in [1.82, 2.24) is 16.0 Å². The van der Waals surface area contributed by atoms with E-state index in [1.54, 1.807) is 23.1 Å². The molecule has 1 saturated carbocycles. The maximum atomic E-state index is 13.1. The lowest BCUT2D eigenvalue weighted by molar-refractivity contribution is -0.150. The maximum Gasteiger partial charge on any atom is 0.337 e. The van der Waals surface area contributed by atoms with Gasteiger partial charge in [-0.1, -0.05) is 19.8 Å². The van der Waals surface area contributed by atoms with Crippen molar-refractivity contribution < 1.29 is 14.3 Å². The Morgan fingerprint density at radius 3 is 2.81 bits per heavy atom. The molecule has 3 N–H and O–H groups in total. The summed E-state index contributed by atoms with van der Waals surface area (Å²) in [4.78, 5) is 27.3. The zero-order chi connectivity index (χ0) is 23.0. The minimum atomic E-state index is -0.572. The molecule has 0 spiro atoms. The first kappa shape index (κ1) is 24.1. The number of rotatable bonds is 4. The number of hydrogen-bond donors (Lipinski definition) is 3. The topological polar surface area (TPSA) is 79.5 Å². The summed E-state index contributed by atoms with van der Waals surface area (Å²) in [7, 11) is 0. The van der Waals surface area contributed by atoms with Crippen molar-refractivity contribution in [3.05, 3.63) is 30.4 Å². The Balaban J connectivity index is 1.49. The molecule has 1 aromatic rings. The van der Waals surface area contributed by atoms with Gasteiger partial charge in [0.05, 0.1) is 14.4 Å². The normalized spacial score (nSPS) is 25.2. The zero-order valence-corrected chi connectivity index (χ0v) is 22.3. The largest absolute Gasteiger partial charge is 0.457 e. The van der Waals surface area contributed by atoms with Gasteiger partial charge >= 0.3 is 12.0 Å². The van der Waals surface area contributed by atoms with Crippen LogP contribution in [0.5, 0.6) is 0 Å². The molecule has 0 bridgehead atoms. The van der Waals surface area contributed by atoms with E-state index in [9.17, 15) is 9.59 Å². The third-order valence-electron chi connectivity index (χ3n) is 6.27. The van der Waals surface area contributed by atoms with E-state index >= 15 is 0 Å². The van der Waals surface area contributed by atoms with Gasteiger partial charge in [0.1, 0.15) is 5.60 Å². The number of carbonyl (C=O) groups is 2. The second kappa shape index (κ2) is 9.68. The van der Waals surface area contributed by atoms with Gasteiger partial charge in [-0.3, -0.25) is 0 Å². The minimum Gasteiger partial charge on any atom is -0.457 e. The lowest BCUT2D eigenvalue weighted by Crippen LogP contribution is -2.36. The fourth-order valence-electron chi connectivity index (χ4n) is 4.85. The molecule has 4 rings (SSSR count). The fourth-order valence-corrected chi connectivity index (χ4v) is 8.51. The second-order valence-electron chi connectivity index (χ2n) is 9.83. The molecule has 1 aliphatic carbocycles. The fraction of sp³-hybridized carbons (Fsp3) is 0.652. The summed E-state index contributed by atoms with van der Waals surface area (Å²) in [6, 6.07) is -0.277. The van der Waals surface area contributed by atoms with Crippen molar-refractivity contribution in [1.29, 1.82) is 0 Å². The van der Waals surface area contributed by atoms with Gasteiger partial charge in [-0.05, 0) is 73.1 Å². The molecule has 2 amide bonds. The van der Waals surface area contributed by atoms with E-state index in [-0.39, 0.29) is 17.9 Å². The molecular weight excluding hydrogens is 510 g/mol. The van der Waals surface area contributed by atoms with Crippen LogP contribution in [0, 0.1) is 11.8 Å². The summed E-state index contributed by atoms with van der Waals surface area (Å²) < 4.78 is 6.81. The Morgan fingerprint density at radius 2 is 2.06 bits per heavy atom. The Hall–Kier alpha value is -1.03. The van der Waals surface area contributed by atoms with Crippen LogP contribution in [-0.4, -0.2) is 29.4 Å². The number of hydrogen-bond acceptors (Lipinski definition) is 6. The molecule has 3 heterocycles. The molecule has 32 heavy (non-hydrogen) atoms. The highest BCUT2D eigenvalue weighted by Gasteiger charge is 2.45. The Kier molecular flexibility index (Phi) is 7.29. The van der Waals surface area contributed by atoms with E-state index in [4.69, 9.17) is 4.74 Å². The van der Waals surface area contributed by atoms with E-state index in [0.29, 0.717) is 28.3 Å². The third-order valence-corrected chi connectivity index (χ3v) is 9.69. The Labute approximate surface area is 206 Å². The SMILES string of the molecule is CC1CCCC2SC(NC(=O)NCc3c(Br)sc4c3CCNC4)=C(C(=O)OC(C)(C)C)C12. The first-order chi connectivity index (χ1) is 15.1. The van der Waals surface area contributed by atoms with E-state index in [2.05, 4.69) is 38.8 Å². The van der Waals surface area contributed by atoms with Crippen molar-refractivity contribution in [2.45, 2.75) is 77.3 Å². The van der Waals surface area contributed by atoms with Gasteiger partial charge < -0.3 is 20.7 Å². The van der Waals surface area contributed by atoms with Crippen molar-refractivity contribution >= 4 is 51.0 Å². The number of thiophene rings is 1. The highest BCUT2D eigenvalue weighted by atomic mass is 79.9. The quantitative estimate of drug-likeness (QED) is 0.464. The molecule has 6 nitrogen and oxygen atoms in total. The summed E-state index contributed by atoms with van der Waals surface area (Å²) in [5, 5.41) is 10.4. The number of nitrogens with one attached hydrogen (secondary N) is 3. The van der Waals surface area contributed by atoms with Gasteiger partial charge in [-0.15, -0.1) is 23.1 Å². The number of thioether (sulfide) groups is 1. The Bertz CT molecular complexity index is 938. The monoisotopic (exact) mass is 541 g/mol. The summed E-state index contributed by atoms with van der Waals surface area (Å²) in [5.41, 5.74) is 2.57. The maximum absolute atomic E-state index is 13.1. The summed E-state index contributed by atoms with van der Waals surface area (Å²) in [5.74, 6) is 0.223. The zero-order valence-electron chi connectivity index (χ0n) is 19.1. The number of carbonyl (C=O) groups excluding carboxylic acids is 2. The molecule has 1 aromatic heterocycles. The van der Waals surface area contributed by atoms with Crippen LogP contribution in [0.1, 0.15) is 63.0 Å². The van der Waals surface area contributed by atoms with Gasteiger partial charge in [0, 0.05) is 29.1 Å². The number of urea groups is 1. The van der Waals surface area contributed by atoms with Crippen molar-refractivity contribution in [2.24, 2.45) is 11.8 Å². The summed E-state index contributed by atoms with van der Waals surface area (Å²) >= 11 is 7.03. The molecule has 3 atom stereocenters. The van der Waals surface area contributed by atoms with Crippen LogP contribution in [-0.2, 0) is 29.0 Å². The number of amides is 2. The lowest BCUT2D eigenvalue weighted by Gasteiger charge is -2.32. The van der Waals surface area contributed by atoms with Crippen LogP contribution in [0.15, 0.2) is 14.4 Å². The van der Waals surface area contributed by atoms with Gasteiger partial charge in [0.15, 0.2) is 0 Å². The third kappa shape index (κ3) is 5.21. The predicted octanol–water partition coefficient (Wildman–Crippen LogP) is 5.06. The van der Waals surface area contributed by atoms with Crippen molar-refractivity contribution in [3.8, 4) is 0 Å². The molecule has 176 valence electrons. The molecule has 3 unspecified atom stereocenters. The van der Waals surface area contributed by atoms with E-state index in [1.165, 1.54) is 10.4 Å². The van der Waals surface area contributed by atoms with Crippen LogP contribution in [0.3, 0.4) is 0 Å². The molecular formula is C23H32BrN3O3S2. The van der Waals surface area contributed by atoms with Gasteiger partial charge in [0.2, 0.25) is 0 Å². The molecule has 2 aliphatic heterocycles. The first-order valence-electron chi connectivity index (χ1n) is 11.3. The highest BCUT2D eigenvalue weighted by Crippen LogP contribution is 2.51.